The molecule has 1 aliphatic rings. The highest BCUT2D eigenvalue weighted by molar-refractivity contribution is 5.99. The summed E-state index contributed by atoms with van der Waals surface area (Å²) in [5.74, 6) is 1.26. The number of rotatable bonds is 7. The molecule has 35 heavy (non-hydrogen) atoms. The number of methoxy groups -OCH3 is 1. The third-order valence-electron chi connectivity index (χ3n) is 6.14. The third kappa shape index (κ3) is 5.71. The topological polar surface area (TPSA) is 78.0 Å². The van der Waals surface area contributed by atoms with Crippen molar-refractivity contribution in [2.24, 2.45) is 0 Å². The second-order valence-corrected chi connectivity index (χ2v) is 8.63. The van der Waals surface area contributed by atoms with Gasteiger partial charge in [-0.25, -0.2) is 4.98 Å². The van der Waals surface area contributed by atoms with Gasteiger partial charge >= 0.3 is 0 Å². The van der Waals surface area contributed by atoms with Gasteiger partial charge in [-0.15, -0.1) is 0 Å². The summed E-state index contributed by atoms with van der Waals surface area (Å²) in [6, 6.07) is 18.8. The number of nitrogens with one attached hydrogen (secondary N) is 1. The zero-order valence-corrected chi connectivity index (χ0v) is 20.4. The molecule has 2 heterocycles. The van der Waals surface area contributed by atoms with E-state index in [4.69, 9.17) is 4.74 Å². The minimum Gasteiger partial charge on any atom is -0.497 e. The lowest BCUT2D eigenvalue weighted by Crippen LogP contribution is -2.49. The molecule has 0 radical (unpaired) electrons. The van der Waals surface area contributed by atoms with Crippen molar-refractivity contribution in [3.63, 3.8) is 0 Å². The smallest absolute Gasteiger partial charge is 0.255 e. The fraction of sp³-hybridized carbons (Fsp3) is 0.296. The standard InChI is InChI=1S/C27H31N5O3/c1-30(2)22-10-8-21(9-11-22)27(34)32-17-15-31(16-18-32)25-24(5-4-14-28-25)26(33)29-19-20-6-12-23(35-3)13-7-20/h4-14H,15-19H2,1-3H3,(H,29,33). The molecule has 1 aliphatic heterocycles. The van der Waals surface area contributed by atoms with E-state index in [-0.39, 0.29) is 11.8 Å². The molecule has 8 heteroatoms. The SMILES string of the molecule is COc1ccc(CNC(=O)c2cccnc2N2CCN(C(=O)c3ccc(N(C)C)cc3)CC2)cc1. The van der Waals surface area contributed by atoms with Crippen LogP contribution in [0.5, 0.6) is 5.75 Å². The maximum Gasteiger partial charge on any atom is 0.255 e. The van der Waals surface area contributed by atoms with Crippen molar-refractivity contribution >= 4 is 23.3 Å². The van der Waals surface area contributed by atoms with Gasteiger partial charge in [0.05, 0.1) is 12.7 Å². The average molecular weight is 474 g/mol. The van der Waals surface area contributed by atoms with Crippen molar-refractivity contribution in [1.29, 1.82) is 0 Å². The molecule has 0 atom stereocenters. The van der Waals surface area contributed by atoms with Crippen LogP contribution >= 0.6 is 0 Å². The molecule has 1 N–H and O–H groups in total. The summed E-state index contributed by atoms with van der Waals surface area (Å²) in [6.45, 7) is 2.76. The van der Waals surface area contributed by atoms with E-state index in [1.54, 1.807) is 25.4 Å². The van der Waals surface area contributed by atoms with Crippen molar-refractivity contribution in [2.45, 2.75) is 6.54 Å². The monoisotopic (exact) mass is 473 g/mol. The number of hydrogen-bond donors (Lipinski definition) is 1. The number of anilines is 2. The van der Waals surface area contributed by atoms with E-state index >= 15 is 0 Å². The number of amides is 2. The molecule has 2 amide bonds. The van der Waals surface area contributed by atoms with Crippen molar-refractivity contribution in [1.82, 2.24) is 15.2 Å². The van der Waals surface area contributed by atoms with Crippen LogP contribution in [0.3, 0.4) is 0 Å². The van der Waals surface area contributed by atoms with Crippen LogP contribution in [0.1, 0.15) is 26.3 Å². The first-order valence-electron chi connectivity index (χ1n) is 11.6. The van der Waals surface area contributed by atoms with E-state index in [0.29, 0.717) is 49.7 Å². The number of hydrogen-bond acceptors (Lipinski definition) is 6. The lowest BCUT2D eigenvalue weighted by Gasteiger charge is -2.36. The Morgan fingerprint density at radius 3 is 2.29 bits per heavy atom. The van der Waals surface area contributed by atoms with Gasteiger partial charge in [0, 0.05) is 64.3 Å². The highest BCUT2D eigenvalue weighted by Gasteiger charge is 2.25. The lowest BCUT2D eigenvalue weighted by atomic mass is 10.1. The minimum absolute atomic E-state index is 0.0217. The Balaban J connectivity index is 1.37. The number of benzene rings is 2. The van der Waals surface area contributed by atoms with Gasteiger partial charge in [0.15, 0.2) is 0 Å². The van der Waals surface area contributed by atoms with E-state index in [1.807, 2.05) is 72.4 Å². The van der Waals surface area contributed by atoms with Gasteiger partial charge in [-0.2, -0.15) is 0 Å². The molecule has 8 nitrogen and oxygen atoms in total. The molecular formula is C27H31N5O3. The Labute approximate surface area is 206 Å². The largest absolute Gasteiger partial charge is 0.497 e. The first-order chi connectivity index (χ1) is 17.0. The fourth-order valence-electron chi connectivity index (χ4n) is 4.05. The first-order valence-corrected chi connectivity index (χ1v) is 11.6. The van der Waals surface area contributed by atoms with Gasteiger partial charge in [0.1, 0.15) is 11.6 Å². The van der Waals surface area contributed by atoms with Gasteiger partial charge in [-0.05, 0) is 54.1 Å². The zero-order chi connectivity index (χ0) is 24.8. The molecule has 0 aliphatic carbocycles. The zero-order valence-electron chi connectivity index (χ0n) is 20.4. The summed E-state index contributed by atoms with van der Waals surface area (Å²) in [4.78, 5) is 36.4. The number of carbonyl (C=O) groups is 2. The lowest BCUT2D eigenvalue weighted by molar-refractivity contribution is 0.0745. The van der Waals surface area contributed by atoms with Crippen LogP contribution in [0.25, 0.3) is 0 Å². The maximum atomic E-state index is 13.0. The van der Waals surface area contributed by atoms with Gasteiger partial charge in [-0.1, -0.05) is 12.1 Å². The predicted octanol–water partition coefficient (Wildman–Crippen LogP) is 3.05. The maximum absolute atomic E-state index is 13.0. The number of piperazine rings is 1. The molecule has 1 fully saturated rings. The summed E-state index contributed by atoms with van der Waals surface area (Å²) in [6.07, 6.45) is 1.69. The highest BCUT2D eigenvalue weighted by Crippen LogP contribution is 2.21. The Morgan fingerprint density at radius 2 is 1.66 bits per heavy atom. The van der Waals surface area contributed by atoms with Crippen molar-refractivity contribution < 1.29 is 14.3 Å². The van der Waals surface area contributed by atoms with Crippen LogP contribution in [0.4, 0.5) is 11.5 Å². The normalized spacial score (nSPS) is 13.3. The van der Waals surface area contributed by atoms with Gasteiger partial charge in [0.2, 0.25) is 0 Å². The molecule has 0 bridgehead atoms. The van der Waals surface area contributed by atoms with E-state index in [2.05, 4.69) is 15.2 Å². The molecule has 182 valence electrons. The van der Waals surface area contributed by atoms with Crippen molar-refractivity contribution in [2.75, 3.05) is 57.2 Å². The molecule has 4 rings (SSSR count). The number of nitrogens with zero attached hydrogens (tertiary/aromatic N) is 4. The van der Waals surface area contributed by atoms with Crippen LogP contribution < -0.4 is 19.9 Å². The van der Waals surface area contributed by atoms with E-state index in [0.717, 1.165) is 17.0 Å². The molecule has 1 aromatic heterocycles. The number of pyridine rings is 1. The van der Waals surface area contributed by atoms with Crippen LogP contribution in [-0.4, -0.2) is 69.1 Å². The molecule has 0 saturated carbocycles. The number of aromatic nitrogens is 1. The van der Waals surface area contributed by atoms with Crippen LogP contribution in [0, 0.1) is 0 Å². The Morgan fingerprint density at radius 1 is 0.971 bits per heavy atom. The molecule has 0 spiro atoms. The Bertz CT molecular complexity index is 1150. The number of carbonyl (C=O) groups excluding carboxylic acids is 2. The molecular weight excluding hydrogens is 442 g/mol. The second-order valence-electron chi connectivity index (χ2n) is 8.63. The fourth-order valence-corrected chi connectivity index (χ4v) is 4.05. The highest BCUT2D eigenvalue weighted by atomic mass is 16.5. The number of ether oxygens (including phenoxy) is 1. The van der Waals surface area contributed by atoms with Crippen LogP contribution in [0.15, 0.2) is 66.9 Å². The molecule has 0 unspecified atom stereocenters. The van der Waals surface area contributed by atoms with Crippen LogP contribution in [0.2, 0.25) is 0 Å². The third-order valence-corrected chi connectivity index (χ3v) is 6.14. The summed E-state index contributed by atoms with van der Waals surface area (Å²) >= 11 is 0. The predicted molar refractivity (Wildman–Crippen MR) is 137 cm³/mol. The van der Waals surface area contributed by atoms with Gasteiger partial charge in [-0.3, -0.25) is 9.59 Å². The quantitative estimate of drug-likeness (QED) is 0.568. The summed E-state index contributed by atoms with van der Waals surface area (Å²) in [5.41, 5.74) is 3.25. The Kier molecular flexibility index (Phi) is 7.50. The van der Waals surface area contributed by atoms with E-state index in [9.17, 15) is 9.59 Å². The summed E-state index contributed by atoms with van der Waals surface area (Å²) < 4.78 is 5.18. The van der Waals surface area contributed by atoms with E-state index in [1.165, 1.54) is 0 Å². The summed E-state index contributed by atoms with van der Waals surface area (Å²) in [5, 5.41) is 2.98. The van der Waals surface area contributed by atoms with Gasteiger partial charge in [0.25, 0.3) is 11.8 Å². The van der Waals surface area contributed by atoms with Crippen molar-refractivity contribution in [3.05, 3.63) is 83.6 Å². The van der Waals surface area contributed by atoms with Crippen LogP contribution in [-0.2, 0) is 6.54 Å². The average Bonchev–Trinajstić information content (AvgIpc) is 2.91. The minimum atomic E-state index is -0.177. The second kappa shape index (κ2) is 10.9. The molecule has 1 saturated heterocycles. The van der Waals surface area contributed by atoms with E-state index < -0.39 is 0 Å². The summed E-state index contributed by atoms with van der Waals surface area (Å²) in [7, 11) is 5.57. The van der Waals surface area contributed by atoms with Gasteiger partial charge < -0.3 is 24.8 Å². The Hall–Kier alpha value is -4.07. The molecule has 3 aromatic rings. The molecule has 2 aromatic carbocycles. The first kappa shape index (κ1) is 24.1. The van der Waals surface area contributed by atoms with Crippen molar-refractivity contribution in [3.8, 4) is 5.75 Å².